The Hall–Kier alpha value is -1.88. The van der Waals surface area contributed by atoms with Gasteiger partial charge in [-0.25, -0.2) is 0 Å². The molecule has 0 fully saturated rings. The lowest BCUT2D eigenvalue weighted by Gasteiger charge is -2.15. The van der Waals surface area contributed by atoms with Gasteiger partial charge in [0, 0.05) is 12.8 Å². The summed E-state index contributed by atoms with van der Waals surface area (Å²) in [6.07, 6.45) is 47.7. The van der Waals surface area contributed by atoms with Gasteiger partial charge in [-0.15, -0.1) is 0 Å². The third-order valence-corrected chi connectivity index (χ3v) is 8.91. The lowest BCUT2D eigenvalue weighted by Crippen LogP contribution is -2.28. The standard InChI is InChI=1S/C43H78O5/c1-3-5-7-9-11-13-15-17-19-20-21-22-24-25-27-29-31-33-35-37-42(45)47-40-41(39-44)48-43(46)38-36-34-32-30-28-26-23-18-16-14-12-10-8-6-4-2/h11,13,17-19,23,41,44H,3-10,12,14-16,20-22,24-40H2,1-2H3/b13-11-,19-17-,23-18-/t41-/m0/s1. The Labute approximate surface area is 297 Å². The molecular weight excluding hydrogens is 596 g/mol. The number of aliphatic hydroxyl groups is 1. The van der Waals surface area contributed by atoms with Crippen molar-refractivity contribution in [3.63, 3.8) is 0 Å². The van der Waals surface area contributed by atoms with Crippen LogP contribution in [0.5, 0.6) is 0 Å². The molecule has 0 aliphatic rings. The molecule has 0 spiro atoms. The molecule has 1 atom stereocenters. The Morgan fingerprint density at radius 1 is 0.479 bits per heavy atom. The summed E-state index contributed by atoms with van der Waals surface area (Å²) in [5.41, 5.74) is 0. The minimum absolute atomic E-state index is 0.0700. The summed E-state index contributed by atoms with van der Waals surface area (Å²) >= 11 is 0. The number of unbranched alkanes of at least 4 members (excludes halogenated alkanes) is 23. The Kier molecular flexibility index (Phi) is 38.0. The monoisotopic (exact) mass is 675 g/mol. The smallest absolute Gasteiger partial charge is 0.306 e. The quantitative estimate of drug-likeness (QED) is 0.0403. The highest BCUT2D eigenvalue weighted by Crippen LogP contribution is 2.13. The number of carbonyl (C=O) groups is 2. The topological polar surface area (TPSA) is 72.8 Å². The van der Waals surface area contributed by atoms with Crippen molar-refractivity contribution < 1.29 is 24.2 Å². The van der Waals surface area contributed by atoms with Gasteiger partial charge >= 0.3 is 11.9 Å². The normalized spacial score (nSPS) is 12.5. The van der Waals surface area contributed by atoms with E-state index in [9.17, 15) is 14.7 Å². The number of hydrogen-bond acceptors (Lipinski definition) is 5. The van der Waals surface area contributed by atoms with Crippen LogP contribution in [-0.4, -0.2) is 36.4 Å². The zero-order chi connectivity index (χ0) is 35.0. The van der Waals surface area contributed by atoms with Crippen molar-refractivity contribution >= 4 is 11.9 Å². The molecule has 0 aliphatic heterocycles. The van der Waals surface area contributed by atoms with Gasteiger partial charge in [0.25, 0.3) is 0 Å². The Balaban J connectivity index is 3.55. The maximum Gasteiger partial charge on any atom is 0.306 e. The van der Waals surface area contributed by atoms with Crippen LogP contribution in [0, 0.1) is 0 Å². The third kappa shape index (κ3) is 36.9. The van der Waals surface area contributed by atoms with Crippen molar-refractivity contribution in [2.75, 3.05) is 13.2 Å². The van der Waals surface area contributed by atoms with Crippen molar-refractivity contribution in [2.24, 2.45) is 0 Å². The van der Waals surface area contributed by atoms with Gasteiger partial charge < -0.3 is 14.6 Å². The van der Waals surface area contributed by atoms with Crippen LogP contribution in [0.25, 0.3) is 0 Å². The number of allylic oxidation sites excluding steroid dienone is 6. The molecule has 0 saturated carbocycles. The SMILES string of the molecule is CCCCC/C=C\C/C=C\CCCCCCCCCCCC(=O)OC[C@H](CO)OC(=O)CCCCCCC/C=C\CCCCCCCC. The largest absolute Gasteiger partial charge is 0.462 e. The van der Waals surface area contributed by atoms with Crippen LogP contribution >= 0.6 is 0 Å². The highest BCUT2D eigenvalue weighted by Gasteiger charge is 2.16. The average molecular weight is 675 g/mol. The first-order valence-electron chi connectivity index (χ1n) is 20.5. The van der Waals surface area contributed by atoms with Crippen LogP contribution in [0.2, 0.25) is 0 Å². The number of esters is 2. The Morgan fingerprint density at radius 2 is 0.833 bits per heavy atom. The van der Waals surface area contributed by atoms with Gasteiger partial charge in [-0.2, -0.15) is 0 Å². The van der Waals surface area contributed by atoms with Gasteiger partial charge in [-0.1, -0.05) is 159 Å². The second-order valence-electron chi connectivity index (χ2n) is 13.7. The van der Waals surface area contributed by atoms with Crippen molar-refractivity contribution in [3.05, 3.63) is 36.5 Å². The summed E-state index contributed by atoms with van der Waals surface area (Å²) in [7, 11) is 0. The molecule has 1 N–H and O–H groups in total. The van der Waals surface area contributed by atoms with Gasteiger partial charge in [0.15, 0.2) is 6.10 Å². The third-order valence-electron chi connectivity index (χ3n) is 8.91. The fourth-order valence-electron chi connectivity index (χ4n) is 5.75. The van der Waals surface area contributed by atoms with Crippen molar-refractivity contribution in [2.45, 2.75) is 213 Å². The number of carbonyl (C=O) groups excluding carboxylic acids is 2. The van der Waals surface area contributed by atoms with Crippen LogP contribution in [-0.2, 0) is 19.1 Å². The molecule has 0 aromatic heterocycles. The fourth-order valence-corrected chi connectivity index (χ4v) is 5.75. The summed E-state index contributed by atoms with van der Waals surface area (Å²) in [5, 5.41) is 9.56. The predicted molar refractivity (Wildman–Crippen MR) is 205 cm³/mol. The molecule has 0 amide bonds. The van der Waals surface area contributed by atoms with Crippen LogP contribution in [0.4, 0.5) is 0 Å². The van der Waals surface area contributed by atoms with Crippen LogP contribution in [0.15, 0.2) is 36.5 Å². The van der Waals surface area contributed by atoms with E-state index in [2.05, 4.69) is 50.3 Å². The summed E-state index contributed by atoms with van der Waals surface area (Å²) in [6.45, 7) is 4.10. The van der Waals surface area contributed by atoms with E-state index in [0.29, 0.717) is 12.8 Å². The molecule has 280 valence electrons. The molecule has 0 saturated heterocycles. The van der Waals surface area contributed by atoms with Gasteiger partial charge in [0.1, 0.15) is 6.61 Å². The summed E-state index contributed by atoms with van der Waals surface area (Å²) in [4.78, 5) is 24.3. The van der Waals surface area contributed by atoms with E-state index in [1.165, 1.54) is 128 Å². The molecule has 0 aromatic carbocycles. The predicted octanol–water partition coefficient (Wildman–Crippen LogP) is 12.8. The highest BCUT2D eigenvalue weighted by atomic mass is 16.6. The van der Waals surface area contributed by atoms with E-state index in [0.717, 1.165) is 51.4 Å². The van der Waals surface area contributed by atoms with Crippen LogP contribution < -0.4 is 0 Å². The lowest BCUT2D eigenvalue weighted by atomic mass is 10.1. The molecule has 0 radical (unpaired) electrons. The van der Waals surface area contributed by atoms with E-state index in [1.54, 1.807) is 0 Å². The highest BCUT2D eigenvalue weighted by molar-refractivity contribution is 5.70. The van der Waals surface area contributed by atoms with E-state index in [-0.39, 0.29) is 25.2 Å². The first kappa shape index (κ1) is 46.1. The van der Waals surface area contributed by atoms with E-state index in [1.807, 2.05) is 0 Å². The molecule has 0 aliphatic carbocycles. The maximum absolute atomic E-state index is 12.2. The van der Waals surface area contributed by atoms with Gasteiger partial charge in [-0.05, 0) is 70.6 Å². The van der Waals surface area contributed by atoms with Crippen LogP contribution in [0.3, 0.4) is 0 Å². The summed E-state index contributed by atoms with van der Waals surface area (Å²) in [6, 6.07) is 0. The molecule has 0 unspecified atom stereocenters. The van der Waals surface area contributed by atoms with E-state index >= 15 is 0 Å². The molecule has 48 heavy (non-hydrogen) atoms. The van der Waals surface area contributed by atoms with Gasteiger partial charge in [0.05, 0.1) is 6.61 Å². The first-order valence-corrected chi connectivity index (χ1v) is 20.5. The maximum atomic E-state index is 12.2. The molecule has 0 bridgehead atoms. The van der Waals surface area contributed by atoms with Crippen molar-refractivity contribution in [1.29, 1.82) is 0 Å². The zero-order valence-electron chi connectivity index (χ0n) is 31.7. The number of rotatable bonds is 37. The summed E-state index contributed by atoms with van der Waals surface area (Å²) in [5.74, 6) is -0.602. The molecular formula is C43H78O5. The summed E-state index contributed by atoms with van der Waals surface area (Å²) < 4.78 is 10.6. The number of hydrogen-bond donors (Lipinski definition) is 1. The lowest BCUT2D eigenvalue weighted by molar-refractivity contribution is -0.161. The molecule has 0 heterocycles. The fraction of sp³-hybridized carbons (Fsp3) is 0.814. The first-order chi connectivity index (χ1) is 23.6. The zero-order valence-corrected chi connectivity index (χ0v) is 31.7. The second kappa shape index (κ2) is 39.6. The van der Waals surface area contributed by atoms with Gasteiger partial charge in [0.2, 0.25) is 0 Å². The minimum atomic E-state index is -0.775. The van der Waals surface area contributed by atoms with Crippen molar-refractivity contribution in [1.82, 2.24) is 0 Å². The van der Waals surface area contributed by atoms with Crippen molar-refractivity contribution in [3.8, 4) is 0 Å². The van der Waals surface area contributed by atoms with Crippen LogP contribution in [0.1, 0.15) is 206 Å². The minimum Gasteiger partial charge on any atom is -0.462 e. The average Bonchev–Trinajstić information content (AvgIpc) is 3.09. The Morgan fingerprint density at radius 3 is 1.29 bits per heavy atom. The van der Waals surface area contributed by atoms with E-state index < -0.39 is 6.10 Å². The number of aliphatic hydroxyl groups excluding tert-OH is 1. The number of ether oxygens (including phenoxy) is 2. The molecule has 5 nitrogen and oxygen atoms in total. The molecule has 0 rings (SSSR count). The van der Waals surface area contributed by atoms with E-state index in [4.69, 9.17) is 9.47 Å². The van der Waals surface area contributed by atoms with Gasteiger partial charge in [-0.3, -0.25) is 9.59 Å². The molecule has 0 aromatic rings. The second-order valence-corrected chi connectivity index (χ2v) is 13.7. The molecule has 5 heteroatoms. The Bertz CT molecular complexity index is 771.